The minimum absolute atomic E-state index is 0.590. The van der Waals surface area contributed by atoms with Crippen molar-refractivity contribution >= 4 is 15.9 Å². The summed E-state index contributed by atoms with van der Waals surface area (Å²) < 4.78 is 0. The Hall–Kier alpha value is 0.220. The highest BCUT2D eigenvalue weighted by Gasteiger charge is 1.98. The molecule has 1 heteroatoms. The van der Waals surface area contributed by atoms with E-state index in [4.69, 9.17) is 0 Å². The number of halogens is 1. The zero-order chi connectivity index (χ0) is 6.57. The second kappa shape index (κ2) is 4.13. The molecule has 0 fully saturated rings. The Balaban J connectivity index is 3.63. The van der Waals surface area contributed by atoms with Gasteiger partial charge in [0.05, 0.1) is 0 Å². The standard InChI is InChI=1S/C7H13Br/c1-4-6(3)7(8)5-2/h4,7H,5H2,1-3H3. The molecule has 0 aromatic carbocycles. The Labute approximate surface area is 60.1 Å². The maximum Gasteiger partial charge on any atom is 0.0349 e. The molecule has 1 atom stereocenters. The third kappa shape index (κ3) is 2.51. The summed E-state index contributed by atoms with van der Waals surface area (Å²) in [5, 5.41) is 0. The first-order valence-corrected chi connectivity index (χ1v) is 3.90. The summed E-state index contributed by atoms with van der Waals surface area (Å²) in [6.07, 6.45) is 3.32. The quantitative estimate of drug-likeness (QED) is 0.449. The molecule has 0 aromatic heterocycles. The average Bonchev–Trinajstić information content (AvgIpc) is 1.84. The van der Waals surface area contributed by atoms with Gasteiger partial charge < -0.3 is 0 Å². The molecule has 0 N–H and O–H groups in total. The molecule has 0 bridgehead atoms. The van der Waals surface area contributed by atoms with Gasteiger partial charge in [-0.25, -0.2) is 0 Å². The minimum Gasteiger partial charge on any atom is -0.0876 e. The largest absolute Gasteiger partial charge is 0.0876 e. The second-order valence-electron chi connectivity index (χ2n) is 1.91. The summed E-state index contributed by atoms with van der Waals surface area (Å²) in [5.41, 5.74) is 1.42. The number of hydrogen-bond donors (Lipinski definition) is 0. The van der Waals surface area contributed by atoms with Crippen LogP contribution < -0.4 is 0 Å². The van der Waals surface area contributed by atoms with Gasteiger partial charge in [0.2, 0.25) is 0 Å². The fraction of sp³-hybridized carbons (Fsp3) is 0.714. The van der Waals surface area contributed by atoms with Gasteiger partial charge in [0.15, 0.2) is 0 Å². The molecule has 0 spiro atoms. The molecule has 48 valence electrons. The molecule has 0 saturated carbocycles. The van der Waals surface area contributed by atoms with E-state index in [1.807, 2.05) is 0 Å². The van der Waals surface area contributed by atoms with Crippen LogP contribution in [0.1, 0.15) is 27.2 Å². The van der Waals surface area contributed by atoms with Crippen molar-refractivity contribution in [2.75, 3.05) is 0 Å². The first-order chi connectivity index (χ1) is 3.72. The monoisotopic (exact) mass is 176 g/mol. The van der Waals surface area contributed by atoms with Crippen LogP contribution in [0.15, 0.2) is 11.6 Å². The molecule has 8 heavy (non-hydrogen) atoms. The van der Waals surface area contributed by atoms with Crippen LogP contribution in [0.4, 0.5) is 0 Å². The molecule has 0 aromatic rings. The zero-order valence-electron chi connectivity index (χ0n) is 5.74. The van der Waals surface area contributed by atoms with Gasteiger partial charge in [-0.2, -0.15) is 0 Å². The van der Waals surface area contributed by atoms with E-state index in [0.29, 0.717) is 4.83 Å². The average molecular weight is 177 g/mol. The molecule has 0 radical (unpaired) electrons. The van der Waals surface area contributed by atoms with Crippen LogP contribution in [0.5, 0.6) is 0 Å². The lowest BCUT2D eigenvalue weighted by Gasteiger charge is -2.04. The van der Waals surface area contributed by atoms with Crippen LogP contribution >= 0.6 is 15.9 Å². The number of hydrogen-bond acceptors (Lipinski definition) is 0. The van der Waals surface area contributed by atoms with Crippen LogP contribution in [-0.2, 0) is 0 Å². The summed E-state index contributed by atoms with van der Waals surface area (Å²) in [7, 11) is 0. The summed E-state index contributed by atoms with van der Waals surface area (Å²) in [6, 6.07) is 0. The van der Waals surface area contributed by atoms with E-state index in [0.717, 1.165) is 0 Å². The molecule has 0 aliphatic carbocycles. The first-order valence-electron chi connectivity index (χ1n) is 2.99. The van der Waals surface area contributed by atoms with E-state index in [1.165, 1.54) is 12.0 Å². The summed E-state index contributed by atoms with van der Waals surface area (Å²) >= 11 is 3.53. The molecular formula is C7H13Br. The van der Waals surface area contributed by atoms with E-state index >= 15 is 0 Å². The van der Waals surface area contributed by atoms with Gasteiger partial charge in [0, 0.05) is 4.83 Å². The van der Waals surface area contributed by atoms with Crippen molar-refractivity contribution in [3.63, 3.8) is 0 Å². The fourth-order valence-electron chi connectivity index (χ4n) is 0.503. The van der Waals surface area contributed by atoms with Crippen molar-refractivity contribution in [2.45, 2.75) is 32.0 Å². The van der Waals surface area contributed by atoms with Gasteiger partial charge >= 0.3 is 0 Å². The molecule has 0 saturated heterocycles. The summed E-state index contributed by atoms with van der Waals surface area (Å²) in [5.74, 6) is 0. The molecule has 0 nitrogen and oxygen atoms in total. The molecule has 0 aliphatic rings. The number of alkyl halides is 1. The molecular weight excluding hydrogens is 164 g/mol. The topological polar surface area (TPSA) is 0 Å². The highest BCUT2D eigenvalue weighted by Crippen LogP contribution is 2.13. The highest BCUT2D eigenvalue weighted by molar-refractivity contribution is 9.09. The van der Waals surface area contributed by atoms with E-state index in [9.17, 15) is 0 Å². The third-order valence-electron chi connectivity index (χ3n) is 1.31. The third-order valence-corrected chi connectivity index (χ3v) is 2.68. The Morgan fingerprint density at radius 2 is 2.25 bits per heavy atom. The van der Waals surface area contributed by atoms with E-state index < -0.39 is 0 Å². The van der Waals surface area contributed by atoms with Crippen molar-refractivity contribution in [1.82, 2.24) is 0 Å². The van der Waals surface area contributed by atoms with E-state index in [2.05, 4.69) is 42.8 Å². The maximum atomic E-state index is 3.53. The fourth-order valence-corrected chi connectivity index (χ4v) is 0.767. The minimum atomic E-state index is 0.590. The van der Waals surface area contributed by atoms with Crippen LogP contribution in [0, 0.1) is 0 Å². The van der Waals surface area contributed by atoms with Crippen molar-refractivity contribution in [1.29, 1.82) is 0 Å². The SMILES string of the molecule is CC=C(C)C(Br)CC. The van der Waals surface area contributed by atoms with Crippen molar-refractivity contribution in [2.24, 2.45) is 0 Å². The van der Waals surface area contributed by atoms with Crippen molar-refractivity contribution in [3.8, 4) is 0 Å². The van der Waals surface area contributed by atoms with Gasteiger partial charge in [-0.15, -0.1) is 0 Å². The van der Waals surface area contributed by atoms with Crippen molar-refractivity contribution in [3.05, 3.63) is 11.6 Å². The van der Waals surface area contributed by atoms with E-state index in [1.54, 1.807) is 0 Å². The lowest BCUT2D eigenvalue weighted by Crippen LogP contribution is -1.94. The molecule has 0 heterocycles. The first kappa shape index (κ1) is 8.22. The predicted molar refractivity (Wildman–Crippen MR) is 42.4 cm³/mol. The Morgan fingerprint density at radius 3 is 2.38 bits per heavy atom. The van der Waals surface area contributed by atoms with Crippen LogP contribution in [0.3, 0.4) is 0 Å². The maximum absolute atomic E-state index is 3.53. The Morgan fingerprint density at radius 1 is 1.75 bits per heavy atom. The molecule has 0 aliphatic heterocycles. The molecule has 0 rings (SSSR count). The smallest absolute Gasteiger partial charge is 0.0349 e. The van der Waals surface area contributed by atoms with Gasteiger partial charge in [0.1, 0.15) is 0 Å². The highest BCUT2D eigenvalue weighted by atomic mass is 79.9. The molecule has 0 amide bonds. The number of rotatable bonds is 2. The zero-order valence-corrected chi connectivity index (χ0v) is 7.33. The number of allylic oxidation sites excluding steroid dienone is 2. The summed E-state index contributed by atoms with van der Waals surface area (Å²) in [4.78, 5) is 0.590. The van der Waals surface area contributed by atoms with Gasteiger partial charge in [-0.05, 0) is 20.3 Å². The van der Waals surface area contributed by atoms with Gasteiger partial charge in [-0.3, -0.25) is 0 Å². The van der Waals surface area contributed by atoms with E-state index in [-0.39, 0.29) is 0 Å². The van der Waals surface area contributed by atoms with Gasteiger partial charge in [0.25, 0.3) is 0 Å². The Kier molecular flexibility index (Phi) is 4.25. The van der Waals surface area contributed by atoms with Crippen molar-refractivity contribution < 1.29 is 0 Å². The normalized spacial score (nSPS) is 16.2. The second-order valence-corrected chi connectivity index (χ2v) is 3.01. The van der Waals surface area contributed by atoms with Crippen LogP contribution in [0.25, 0.3) is 0 Å². The van der Waals surface area contributed by atoms with Crippen LogP contribution in [0.2, 0.25) is 0 Å². The van der Waals surface area contributed by atoms with Gasteiger partial charge in [-0.1, -0.05) is 34.5 Å². The molecule has 1 unspecified atom stereocenters. The summed E-state index contributed by atoms with van der Waals surface area (Å²) in [6.45, 7) is 6.38. The van der Waals surface area contributed by atoms with Crippen LogP contribution in [-0.4, -0.2) is 4.83 Å². The lowest BCUT2D eigenvalue weighted by atomic mass is 10.2. The Bertz CT molecular complexity index is 84.4. The predicted octanol–water partition coefficient (Wildman–Crippen LogP) is 3.13. The lowest BCUT2D eigenvalue weighted by molar-refractivity contribution is 0.936.